The topological polar surface area (TPSA) is 35.2 Å². The summed E-state index contributed by atoms with van der Waals surface area (Å²) >= 11 is 0. The molecule has 2 aromatic carbocycles. The number of hydrogen-bond donors (Lipinski definition) is 1. The van der Waals surface area contributed by atoms with Crippen molar-refractivity contribution in [3.8, 4) is 5.75 Å². The van der Waals surface area contributed by atoms with Crippen LogP contribution in [0.5, 0.6) is 5.75 Å². The molecule has 0 bridgehead atoms. The molecule has 0 radical (unpaired) electrons. The summed E-state index contributed by atoms with van der Waals surface area (Å²) in [6.45, 7) is 5.78. The van der Waals surface area contributed by atoms with Gasteiger partial charge in [0.15, 0.2) is 0 Å². The Hall–Kier alpha value is -1.87. The van der Waals surface area contributed by atoms with Crippen LogP contribution in [0, 0.1) is 19.7 Å². The van der Waals surface area contributed by atoms with Crippen LogP contribution in [-0.4, -0.2) is 6.04 Å². The van der Waals surface area contributed by atoms with Gasteiger partial charge in [0.1, 0.15) is 17.7 Å². The van der Waals surface area contributed by atoms with Gasteiger partial charge in [0.2, 0.25) is 0 Å². The lowest BCUT2D eigenvalue weighted by Crippen LogP contribution is -2.31. The van der Waals surface area contributed by atoms with Crippen LogP contribution in [0.1, 0.15) is 36.1 Å². The summed E-state index contributed by atoms with van der Waals surface area (Å²) < 4.78 is 19.6. The zero-order valence-corrected chi connectivity index (χ0v) is 12.8. The van der Waals surface area contributed by atoms with Crippen molar-refractivity contribution in [2.45, 2.75) is 39.3 Å². The van der Waals surface area contributed by atoms with Crippen molar-refractivity contribution < 1.29 is 9.13 Å². The second kappa shape index (κ2) is 6.72. The minimum absolute atomic E-state index is 0.142. The van der Waals surface area contributed by atoms with E-state index in [-0.39, 0.29) is 18.0 Å². The maximum absolute atomic E-state index is 13.7. The zero-order chi connectivity index (χ0) is 15.4. The molecule has 0 amide bonds. The summed E-state index contributed by atoms with van der Waals surface area (Å²) in [5, 5.41) is 0. The van der Waals surface area contributed by atoms with Gasteiger partial charge in [-0.3, -0.25) is 0 Å². The van der Waals surface area contributed by atoms with Crippen molar-refractivity contribution in [2.24, 2.45) is 5.73 Å². The monoisotopic (exact) mass is 287 g/mol. The molecule has 2 unspecified atom stereocenters. The summed E-state index contributed by atoms with van der Waals surface area (Å²) in [6.07, 6.45) is 0.504. The van der Waals surface area contributed by atoms with Crippen molar-refractivity contribution in [2.75, 3.05) is 0 Å². The number of nitrogens with two attached hydrogens (primary N) is 1. The predicted octanol–water partition coefficient (Wildman–Crippen LogP) is 4.30. The molecule has 0 heterocycles. The van der Waals surface area contributed by atoms with Crippen LogP contribution in [0.3, 0.4) is 0 Å². The van der Waals surface area contributed by atoms with Crippen LogP contribution in [0.25, 0.3) is 0 Å². The van der Waals surface area contributed by atoms with E-state index in [1.165, 1.54) is 6.07 Å². The maximum atomic E-state index is 13.7. The fraction of sp³-hybridized carbons (Fsp3) is 0.333. The Bertz CT molecular complexity index is 612. The van der Waals surface area contributed by atoms with Crippen molar-refractivity contribution in [3.05, 3.63) is 65.0 Å². The van der Waals surface area contributed by atoms with Crippen molar-refractivity contribution in [1.82, 2.24) is 0 Å². The summed E-state index contributed by atoms with van der Waals surface area (Å²) in [5.74, 6) is 0.245. The largest absolute Gasteiger partial charge is 0.484 e. The van der Waals surface area contributed by atoms with Crippen molar-refractivity contribution in [1.29, 1.82) is 0 Å². The summed E-state index contributed by atoms with van der Waals surface area (Å²) in [7, 11) is 0. The maximum Gasteiger partial charge on any atom is 0.139 e. The van der Waals surface area contributed by atoms with E-state index in [4.69, 9.17) is 10.5 Å². The molecule has 0 aromatic heterocycles. The van der Waals surface area contributed by atoms with Crippen LogP contribution >= 0.6 is 0 Å². The Kier molecular flexibility index (Phi) is 4.97. The molecule has 3 heteroatoms. The predicted molar refractivity (Wildman–Crippen MR) is 84.0 cm³/mol. The van der Waals surface area contributed by atoms with Crippen molar-refractivity contribution in [3.63, 3.8) is 0 Å². The number of hydrogen-bond acceptors (Lipinski definition) is 2. The van der Waals surface area contributed by atoms with Crippen LogP contribution in [0.4, 0.5) is 4.39 Å². The Morgan fingerprint density at radius 3 is 2.52 bits per heavy atom. The van der Waals surface area contributed by atoms with E-state index in [0.29, 0.717) is 11.3 Å². The number of aryl methyl sites for hydroxylation is 2. The molecular weight excluding hydrogens is 265 g/mol. The molecule has 0 saturated carbocycles. The van der Waals surface area contributed by atoms with E-state index >= 15 is 0 Å². The Morgan fingerprint density at radius 2 is 1.90 bits per heavy atom. The molecule has 0 fully saturated rings. The number of ether oxygens (including phenoxy) is 1. The molecule has 0 aliphatic rings. The lowest BCUT2D eigenvalue weighted by Gasteiger charge is -2.25. The molecular formula is C18H22FNO. The molecule has 2 atom stereocenters. The Morgan fingerprint density at radius 1 is 1.14 bits per heavy atom. The van der Waals surface area contributed by atoms with Gasteiger partial charge in [-0.1, -0.05) is 42.8 Å². The molecule has 2 N–H and O–H groups in total. The van der Waals surface area contributed by atoms with Gasteiger partial charge in [0.25, 0.3) is 0 Å². The quantitative estimate of drug-likeness (QED) is 0.890. The third-order valence-electron chi connectivity index (χ3n) is 3.64. The van der Waals surface area contributed by atoms with Crippen molar-refractivity contribution >= 4 is 0 Å². The standard InChI is InChI=1S/C18H22FNO/c1-4-17(20)18(14-7-5-6-12(2)10-14)21-15-9-8-13(3)16(19)11-15/h5-11,17-18H,4,20H2,1-3H3. The zero-order valence-electron chi connectivity index (χ0n) is 12.8. The van der Waals surface area contributed by atoms with E-state index in [1.807, 2.05) is 32.0 Å². The normalized spacial score (nSPS) is 13.8. The third kappa shape index (κ3) is 3.82. The smallest absolute Gasteiger partial charge is 0.139 e. The number of rotatable bonds is 5. The van der Waals surface area contributed by atoms with Gasteiger partial charge in [-0.2, -0.15) is 0 Å². The number of halogens is 1. The molecule has 2 aromatic rings. The molecule has 0 spiro atoms. The van der Waals surface area contributed by atoms with E-state index < -0.39 is 0 Å². The molecule has 0 aliphatic heterocycles. The van der Waals surface area contributed by atoms with Gasteiger partial charge in [-0.05, 0) is 37.5 Å². The van der Waals surface area contributed by atoms with Gasteiger partial charge >= 0.3 is 0 Å². The Labute approximate surface area is 125 Å². The first-order valence-electron chi connectivity index (χ1n) is 7.26. The first-order chi connectivity index (χ1) is 10.0. The molecule has 2 nitrogen and oxygen atoms in total. The van der Waals surface area contributed by atoms with Gasteiger partial charge in [-0.15, -0.1) is 0 Å². The minimum atomic E-state index is -0.281. The Balaban J connectivity index is 2.30. The highest BCUT2D eigenvalue weighted by Crippen LogP contribution is 2.27. The lowest BCUT2D eigenvalue weighted by atomic mass is 9.99. The average molecular weight is 287 g/mol. The lowest BCUT2D eigenvalue weighted by molar-refractivity contribution is 0.170. The molecule has 112 valence electrons. The van der Waals surface area contributed by atoms with E-state index in [1.54, 1.807) is 19.1 Å². The SMILES string of the molecule is CCC(N)C(Oc1ccc(C)c(F)c1)c1cccc(C)c1. The highest BCUT2D eigenvalue weighted by Gasteiger charge is 2.21. The van der Waals surface area contributed by atoms with Crippen LogP contribution in [-0.2, 0) is 0 Å². The molecule has 21 heavy (non-hydrogen) atoms. The van der Waals surface area contributed by atoms with Crippen LogP contribution in [0.2, 0.25) is 0 Å². The van der Waals surface area contributed by atoms with Gasteiger partial charge < -0.3 is 10.5 Å². The van der Waals surface area contributed by atoms with Gasteiger partial charge in [0.05, 0.1) is 0 Å². The van der Waals surface area contributed by atoms with E-state index in [9.17, 15) is 4.39 Å². The second-order valence-electron chi connectivity index (χ2n) is 5.44. The second-order valence-corrected chi connectivity index (χ2v) is 5.44. The van der Waals surface area contributed by atoms with Crippen LogP contribution < -0.4 is 10.5 Å². The summed E-state index contributed by atoms with van der Waals surface area (Å²) in [6, 6.07) is 12.8. The third-order valence-corrected chi connectivity index (χ3v) is 3.64. The molecule has 0 aliphatic carbocycles. The fourth-order valence-corrected chi connectivity index (χ4v) is 2.26. The summed E-state index contributed by atoms with van der Waals surface area (Å²) in [4.78, 5) is 0. The fourth-order valence-electron chi connectivity index (χ4n) is 2.26. The highest BCUT2D eigenvalue weighted by atomic mass is 19.1. The van der Waals surface area contributed by atoms with E-state index in [0.717, 1.165) is 17.5 Å². The van der Waals surface area contributed by atoms with Gasteiger partial charge in [0, 0.05) is 12.1 Å². The summed E-state index contributed by atoms with van der Waals surface area (Å²) in [5.41, 5.74) is 8.97. The average Bonchev–Trinajstić information content (AvgIpc) is 2.47. The highest BCUT2D eigenvalue weighted by molar-refractivity contribution is 5.31. The minimum Gasteiger partial charge on any atom is -0.484 e. The first-order valence-corrected chi connectivity index (χ1v) is 7.26. The molecule has 0 saturated heterocycles. The molecule has 2 rings (SSSR count). The van der Waals surface area contributed by atoms with Gasteiger partial charge in [-0.25, -0.2) is 4.39 Å². The van der Waals surface area contributed by atoms with Crippen LogP contribution in [0.15, 0.2) is 42.5 Å². The van der Waals surface area contributed by atoms with E-state index in [2.05, 4.69) is 6.07 Å². The number of benzene rings is 2. The first kappa shape index (κ1) is 15.5.